The predicted octanol–water partition coefficient (Wildman–Crippen LogP) is 3.43. The highest BCUT2D eigenvalue weighted by atomic mass is 79.9. The van der Waals surface area contributed by atoms with Crippen LogP contribution in [-0.2, 0) is 6.54 Å². The number of rotatable bonds is 4. The van der Waals surface area contributed by atoms with Crippen molar-refractivity contribution in [3.05, 3.63) is 44.6 Å². The first kappa shape index (κ1) is 15.9. The first-order valence-corrected chi connectivity index (χ1v) is 8.11. The molecule has 0 aliphatic heterocycles. The second-order valence-electron chi connectivity index (χ2n) is 5.06. The van der Waals surface area contributed by atoms with Gasteiger partial charge in [0.2, 0.25) is 0 Å². The van der Waals surface area contributed by atoms with Gasteiger partial charge >= 0.3 is 0 Å². The molecule has 0 spiro atoms. The van der Waals surface area contributed by atoms with Gasteiger partial charge in [-0.3, -0.25) is 4.79 Å². The summed E-state index contributed by atoms with van der Waals surface area (Å²) < 4.78 is 1.04. The minimum Gasteiger partial charge on any atom is -0.399 e. The van der Waals surface area contributed by atoms with Gasteiger partial charge in [-0.25, -0.2) is 0 Å². The lowest BCUT2D eigenvalue weighted by Crippen LogP contribution is -2.27. The monoisotopic (exact) mass is 367 g/mol. The zero-order valence-electron chi connectivity index (χ0n) is 12.3. The molecule has 1 heterocycles. The van der Waals surface area contributed by atoms with Gasteiger partial charge in [-0.1, -0.05) is 0 Å². The van der Waals surface area contributed by atoms with Crippen LogP contribution in [0, 0.1) is 0 Å². The Labute approximate surface area is 137 Å². The number of benzene rings is 1. The highest BCUT2D eigenvalue weighted by Gasteiger charge is 2.18. The molecule has 6 heteroatoms. The number of hydrogen-bond donors (Lipinski definition) is 1. The molecule has 2 aromatic rings. The van der Waals surface area contributed by atoms with Gasteiger partial charge in [0, 0.05) is 47.2 Å². The number of hydrogen-bond acceptors (Lipinski definition) is 4. The molecule has 4 nitrogen and oxygen atoms in total. The van der Waals surface area contributed by atoms with E-state index < -0.39 is 0 Å². The van der Waals surface area contributed by atoms with E-state index >= 15 is 0 Å². The van der Waals surface area contributed by atoms with Crippen LogP contribution in [0.5, 0.6) is 0 Å². The summed E-state index contributed by atoms with van der Waals surface area (Å²) >= 11 is 5.06. The average molecular weight is 368 g/mol. The van der Waals surface area contributed by atoms with Crippen LogP contribution >= 0.6 is 27.3 Å². The standard InChI is InChI=1S/C15H18BrN3OS/c1-18(2)14-5-4-11(17)7-13(14)15(20)19(3)8-12-6-10(16)9-21-12/h4-7,9H,8,17H2,1-3H3. The lowest BCUT2D eigenvalue weighted by Gasteiger charge is -2.22. The van der Waals surface area contributed by atoms with Crippen molar-refractivity contribution < 1.29 is 4.79 Å². The van der Waals surface area contributed by atoms with E-state index in [4.69, 9.17) is 5.73 Å². The van der Waals surface area contributed by atoms with Crippen molar-refractivity contribution >= 4 is 44.5 Å². The molecule has 21 heavy (non-hydrogen) atoms. The maximum atomic E-state index is 12.7. The van der Waals surface area contributed by atoms with Crippen molar-refractivity contribution in [2.75, 3.05) is 31.8 Å². The number of nitrogen functional groups attached to an aromatic ring is 1. The Bertz CT molecular complexity index is 654. The first-order valence-electron chi connectivity index (χ1n) is 6.43. The van der Waals surface area contributed by atoms with Gasteiger partial charge in [0.15, 0.2) is 0 Å². The molecule has 112 valence electrons. The summed E-state index contributed by atoms with van der Waals surface area (Å²) in [6, 6.07) is 7.44. The number of nitrogens with zero attached hydrogens (tertiary/aromatic N) is 2. The van der Waals surface area contributed by atoms with Gasteiger partial charge in [0.05, 0.1) is 12.1 Å². The fraction of sp³-hybridized carbons (Fsp3) is 0.267. The van der Waals surface area contributed by atoms with Crippen molar-refractivity contribution in [1.29, 1.82) is 0 Å². The van der Waals surface area contributed by atoms with Crippen molar-refractivity contribution in [3.8, 4) is 0 Å². The molecular formula is C15H18BrN3OS. The van der Waals surface area contributed by atoms with Crippen molar-refractivity contribution in [2.24, 2.45) is 0 Å². The van der Waals surface area contributed by atoms with Gasteiger partial charge in [0.1, 0.15) is 0 Å². The molecule has 2 N–H and O–H groups in total. The van der Waals surface area contributed by atoms with Crippen LogP contribution < -0.4 is 10.6 Å². The van der Waals surface area contributed by atoms with Crippen LogP contribution in [0.1, 0.15) is 15.2 Å². The molecule has 1 aromatic heterocycles. The van der Waals surface area contributed by atoms with Crippen LogP contribution in [0.15, 0.2) is 34.1 Å². The Balaban J connectivity index is 2.24. The summed E-state index contributed by atoms with van der Waals surface area (Å²) in [5.41, 5.74) is 7.91. The second-order valence-corrected chi connectivity index (χ2v) is 6.97. The molecule has 0 bridgehead atoms. The molecule has 1 aromatic carbocycles. The fourth-order valence-electron chi connectivity index (χ4n) is 2.06. The number of carbonyl (C=O) groups is 1. The summed E-state index contributed by atoms with van der Waals surface area (Å²) in [4.78, 5) is 17.4. The average Bonchev–Trinajstić information content (AvgIpc) is 2.82. The van der Waals surface area contributed by atoms with Crippen molar-refractivity contribution in [3.63, 3.8) is 0 Å². The predicted molar refractivity (Wildman–Crippen MR) is 93.0 cm³/mol. The van der Waals surface area contributed by atoms with Crippen LogP contribution in [0.25, 0.3) is 0 Å². The third kappa shape index (κ3) is 3.77. The topological polar surface area (TPSA) is 49.6 Å². The fourth-order valence-corrected chi connectivity index (χ4v) is 3.57. The maximum absolute atomic E-state index is 12.7. The zero-order valence-corrected chi connectivity index (χ0v) is 14.7. The second kappa shape index (κ2) is 6.49. The Morgan fingerprint density at radius 2 is 2.00 bits per heavy atom. The summed E-state index contributed by atoms with van der Waals surface area (Å²) in [6.07, 6.45) is 0. The van der Waals surface area contributed by atoms with Gasteiger partial charge in [-0.15, -0.1) is 11.3 Å². The molecule has 0 fully saturated rings. The van der Waals surface area contributed by atoms with Crippen LogP contribution in [0.3, 0.4) is 0 Å². The minimum absolute atomic E-state index is 0.0319. The maximum Gasteiger partial charge on any atom is 0.256 e. The molecule has 0 atom stereocenters. The molecule has 2 rings (SSSR count). The summed E-state index contributed by atoms with van der Waals surface area (Å²) in [5.74, 6) is -0.0319. The van der Waals surface area contributed by atoms with Crippen LogP contribution in [0.2, 0.25) is 0 Å². The van der Waals surface area contributed by atoms with Gasteiger partial charge in [-0.2, -0.15) is 0 Å². The van der Waals surface area contributed by atoms with E-state index in [2.05, 4.69) is 15.9 Å². The van der Waals surface area contributed by atoms with Crippen molar-refractivity contribution in [1.82, 2.24) is 4.90 Å². The van der Waals surface area contributed by atoms with E-state index in [0.717, 1.165) is 15.0 Å². The first-order chi connectivity index (χ1) is 9.88. The molecule has 0 unspecified atom stereocenters. The molecule has 0 aliphatic rings. The van der Waals surface area contributed by atoms with Crippen molar-refractivity contribution in [2.45, 2.75) is 6.54 Å². The molecular weight excluding hydrogens is 350 g/mol. The number of halogens is 1. The zero-order chi connectivity index (χ0) is 15.6. The highest BCUT2D eigenvalue weighted by molar-refractivity contribution is 9.10. The summed E-state index contributed by atoms with van der Waals surface area (Å²) in [5, 5.41) is 2.01. The Kier molecular flexibility index (Phi) is 4.90. The lowest BCUT2D eigenvalue weighted by atomic mass is 10.1. The summed E-state index contributed by atoms with van der Waals surface area (Å²) in [6.45, 7) is 0.580. The smallest absolute Gasteiger partial charge is 0.256 e. The quantitative estimate of drug-likeness (QED) is 0.842. The Hall–Kier alpha value is -1.53. The van der Waals surface area contributed by atoms with E-state index in [1.165, 1.54) is 0 Å². The minimum atomic E-state index is -0.0319. The molecule has 0 radical (unpaired) electrons. The lowest BCUT2D eigenvalue weighted by molar-refractivity contribution is 0.0787. The number of anilines is 2. The third-order valence-electron chi connectivity index (χ3n) is 3.09. The summed E-state index contributed by atoms with van der Waals surface area (Å²) in [7, 11) is 5.63. The number of thiophene rings is 1. The molecule has 0 saturated heterocycles. The van der Waals surface area contributed by atoms with Crippen LogP contribution in [-0.4, -0.2) is 32.0 Å². The van der Waals surface area contributed by atoms with Gasteiger partial charge in [-0.05, 0) is 40.2 Å². The number of nitrogens with two attached hydrogens (primary N) is 1. The Morgan fingerprint density at radius 3 is 2.57 bits per heavy atom. The highest BCUT2D eigenvalue weighted by Crippen LogP contribution is 2.25. The van der Waals surface area contributed by atoms with E-state index in [9.17, 15) is 4.79 Å². The molecule has 0 saturated carbocycles. The van der Waals surface area contributed by atoms with Gasteiger partial charge in [0.25, 0.3) is 5.91 Å². The van der Waals surface area contributed by atoms with E-state index in [0.29, 0.717) is 17.8 Å². The number of carbonyl (C=O) groups excluding carboxylic acids is 1. The largest absolute Gasteiger partial charge is 0.399 e. The molecule has 1 amide bonds. The SMILES string of the molecule is CN(Cc1cc(Br)cs1)C(=O)c1cc(N)ccc1N(C)C. The van der Waals surface area contributed by atoms with Crippen LogP contribution in [0.4, 0.5) is 11.4 Å². The van der Waals surface area contributed by atoms with Gasteiger partial charge < -0.3 is 15.5 Å². The van der Waals surface area contributed by atoms with E-state index in [-0.39, 0.29) is 5.91 Å². The normalized spacial score (nSPS) is 10.5. The third-order valence-corrected chi connectivity index (χ3v) is 4.78. The van der Waals surface area contributed by atoms with E-state index in [1.54, 1.807) is 29.4 Å². The Morgan fingerprint density at radius 1 is 1.29 bits per heavy atom. The van der Waals surface area contributed by atoms with E-state index in [1.807, 2.05) is 42.6 Å². The molecule has 0 aliphatic carbocycles. The number of amides is 1.